The number of nitrogens with two attached hydrogens (primary N) is 2. The van der Waals surface area contributed by atoms with Gasteiger partial charge in [0.1, 0.15) is 18.7 Å². The minimum Gasteiger partial charge on any atom is -0.467 e. The van der Waals surface area contributed by atoms with Crippen molar-refractivity contribution in [2.75, 3.05) is 13.7 Å². The van der Waals surface area contributed by atoms with E-state index in [1.165, 1.54) is 7.11 Å². The molecule has 11 heteroatoms. The maximum atomic E-state index is 13.1. The summed E-state index contributed by atoms with van der Waals surface area (Å²) in [5.41, 5.74) is 12.3. The summed E-state index contributed by atoms with van der Waals surface area (Å²) in [5.74, 6) is -1.21. The summed E-state index contributed by atoms with van der Waals surface area (Å²) in [4.78, 5) is 41.6. The first-order chi connectivity index (χ1) is 16.4. The van der Waals surface area contributed by atoms with Crippen LogP contribution in [-0.2, 0) is 32.1 Å². The van der Waals surface area contributed by atoms with E-state index in [2.05, 4.69) is 15.6 Å². The van der Waals surface area contributed by atoms with Gasteiger partial charge >= 0.3 is 12.1 Å². The highest BCUT2D eigenvalue weighted by Crippen LogP contribution is 2.07. The summed E-state index contributed by atoms with van der Waals surface area (Å²) in [6.45, 7) is 0.352. The summed E-state index contributed by atoms with van der Waals surface area (Å²) in [5, 5.41) is 5.26. The second-order valence-corrected chi connectivity index (χ2v) is 7.48. The van der Waals surface area contributed by atoms with E-state index in [0.29, 0.717) is 13.0 Å². The van der Waals surface area contributed by atoms with Crippen molar-refractivity contribution in [3.8, 4) is 0 Å². The van der Waals surface area contributed by atoms with Crippen molar-refractivity contribution in [3.63, 3.8) is 0 Å². The van der Waals surface area contributed by atoms with E-state index in [0.717, 1.165) is 11.1 Å². The fourth-order valence-corrected chi connectivity index (χ4v) is 3.13. The molecule has 0 aliphatic carbocycles. The maximum absolute atomic E-state index is 13.1. The molecular weight excluding hydrogens is 474 g/mol. The van der Waals surface area contributed by atoms with Crippen LogP contribution in [0.15, 0.2) is 65.7 Å². The molecule has 0 radical (unpaired) electrons. The Morgan fingerprint density at radius 2 is 1.51 bits per heavy atom. The van der Waals surface area contributed by atoms with Crippen molar-refractivity contribution in [3.05, 3.63) is 71.8 Å². The topological polar surface area (TPSA) is 158 Å². The molecule has 10 nitrogen and oxygen atoms in total. The number of guanidine groups is 1. The quantitative estimate of drug-likeness (QED) is 0.148. The van der Waals surface area contributed by atoms with Gasteiger partial charge in [0.15, 0.2) is 5.96 Å². The lowest BCUT2D eigenvalue weighted by molar-refractivity contribution is -0.145. The van der Waals surface area contributed by atoms with E-state index >= 15 is 0 Å². The largest absolute Gasteiger partial charge is 0.467 e. The van der Waals surface area contributed by atoms with Gasteiger partial charge in [0, 0.05) is 13.0 Å². The van der Waals surface area contributed by atoms with Crippen LogP contribution in [0.4, 0.5) is 4.79 Å². The van der Waals surface area contributed by atoms with Gasteiger partial charge in [-0.3, -0.25) is 9.79 Å². The predicted molar refractivity (Wildman–Crippen MR) is 135 cm³/mol. The summed E-state index contributed by atoms with van der Waals surface area (Å²) in [6.07, 6.45) is 0.150. The summed E-state index contributed by atoms with van der Waals surface area (Å²) < 4.78 is 10.1. The minimum absolute atomic E-state index is 0. The van der Waals surface area contributed by atoms with E-state index in [-0.39, 0.29) is 37.8 Å². The van der Waals surface area contributed by atoms with E-state index in [1.807, 2.05) is 60.7 Å². The monoisotopic (exact) mass is 505 g/mol. The molecule has 2 rings (SSSR count). The zero-order valence-corrected chi connectivity index (χ0v) is 20.3. The molecule has 0 unspecified atom stereocenters. The molecule has 0 fully saturated rings. The molecule has 35 heavy (non-hydrogen) atoms. The molecule has 2 aromatic carbocycles. The highest BCUT2D eigenvalue weighted by atomic mass is 35.5. The molecule has 2 aromatic rings. The third-order valence-electron chi connectivity index (χ3n) is 4.85. The standard InChI is InChI=1S/C24H31N5O5.ClH/c1-33-22(31)19(13-8-14-27-23(25)26)28-21(30)20(15-17-9-4-2-5-10-17)29-24(32)34-16-18-11-6-3-7-12-18;/h2-7,9-12,19-20H,8,13-16H2,1H3,(H,28,30)(H,29,32)(H4,25,26,27);1H/t19-,20-;/m0./s1. The van der Waals surface area contributed by atoms with E-state index in [4.69, 9.17) is 20.9 Å². The van der Waals surface area contributed by atoms with E-state index in [1.54, 1.807) is 0 Å². The lowest BCUT2D eigenvalue weighted by Gasteiger charge is -2.22. The van der Waals surface area contributed by atoms with Crippen molar-refractivity contribution in [1.29, 1.82) is 0 Å². The van der Waals surface area contributed by atoms with Crippen LogP contribution >= 0.6 is 12.4 Å². The number of amides is 2. The van der Waals surface area contributed by atoms with Crippen molar-refractivity contribution in [1.82, 2.24) is 10.6 Å². The van der Waals surface area contributed by atoms with Gasteiger partial charge in [-0.05, 0) is 24.0 Å². The summed E-state index contributed by atoms with van der Waals surface area (Å²) in [7, 11) is 1.23. The molecule has 0 spiro atoms. The molecule has 2 atom stereocenters. The smallest absolute Gasteiger partial charge is 0.408 e. The van der Waals surface area contributed by atoms with Crippen molar-refractivity contribution < 1.29 is 23.9 Å². The average molecular weight is 506 g/mol. The Kier molecular flexibility index (Phi) is 13.3. The highest BCUT2D eigenvalue weighted by molar-refractivity contribution is 5.89. The summed E-state index contributed by atoms with van der Waals surface area (Å²) in [6, 6.07) is 16.5. The van der Waals surface area contributed by atoms with Crippen LogP contribution in [0.25, 0.3) is 0 Å². The average Bonchev–Trinajstić information content (AvgIpc) is 2.84. The Morgan fingerprint density at radius 3 is 2.09 bits per heavy atom. The Hall–Kier alpha value is -3.79. The summed E-state index contributed by atoms with van der Waals surface area (Å²) >= 11 is 0. The van der Waals surface area contributed by atoms with Crippen LogP contribution in [0.1, 0.15) is 24.0 Å². The van der Waals surface area contributed by atoms with Crippen molar-refractivity contribution in [2.45, 2.75) is 38.0 Å². The minimum atomic E-state index is -0.976. The fourth-order valence-electron chi connectivity index (χ4n) is 3.13. The Bertz CT molecular complexity index is 955. The number of carbonyl (C=O) groups excluding carboxylic acids is 3. The van der Waals surface area contributed by atoms with Gasteiger partial charge < -0.3 is 31.6 Å². The molecule has 0 saturated carbocycles. The molecule has 190 valence electrons. The molecule has 0 aliphatic rings. The van der Waals surface area contributed by atoms with Crippen molar-refractivity contribution >= 4 is 36.3 Å². The van der Waals surface area contributed by atoms with Gasteiger partial charge in [-0.15, -0.1) is 12.4 Å². The molecule has 0 saturated heterocycles. The lowest BCUT2D eigenvalue weighted by atomic mass is 10.0. The van der Waals surface area contributed by atoms with Gasteiger partial charge in [-0.25, -0.2) is 9.59 Å². The lowest BCUT2D eigenvalue weighted by Crippen LogP contribution is -2.52. The van der Waals surface area contributed by atoms with Crippen LogP contribution in [0.5, 0.6) is 0 Å². The second kappa shape index (κ2) is 15.9. The number of aliphatic imine (C=N–C) groups is 1. The third kappa shape index (κ3) is 11.3. The number of ether oxygens (including phenoxy) is 2. The van der Waals surface area contributed by atoms with Gasteiger partial charge in [0.05, 0.1) is 7.11 Å². The first-order valence-electron chi connectivity index (χ1n) is 10.8. The molecule has 0 aliphatic heterocycles. The fraction of sp³-hybridized carbons (Fsp3) is 0.333. The van der Waals surface area contributed by atoms with Crippen LogP contribution in [-0.4, -0.2) is 49.7 Å². The predicted octanol–water partition coefficient (Wildman–Crippen LogP) is 1.66. The molecule has 6 N–H and O–H groups in total. The number of halogens is 1. The number of nitrogens with one attached hydrogen (secondary N) is 2. The number of alkyl carbamates (subject to hydrolysis) is 1. The number of methoxy groups -OCH3 is 1. The zero-order valence-electron chi connectivity index (χ0n) is 19.5. The Morgan fingerprint density at radius 1 is 0.914 bits per heavy atom. The van der Waals surface area contributed by atoms with Crippen LogP contribution in [0.2, 0.25) is 0 Å². The number of hydrogen-bond acceptors (Lipinski definition) is 6. The number of rotatable bonds is 12. The number of esters is 1. The van der Waals surface area contributed by atoms with Crippen molar-refractivity contribution in [2.24, 2.45) is 16.5 Å². The van der Waals surface area contributed by atoms with Gasteiger partial charge in [0.2, 0.25) is 5.91 Å². The first-order valence-corrected chi connectivity index (χ1v) is 10.8. The zero-order chi connectivity index (χ0) is 24.8. The first kappa shape index (κ1) is 29.2. The Labute approximate surface area is 210 Å². The number of benzene rings is 2. The van der Waals surface area contributed by atoms with Crippen LogP contribution in [0.3, 0.4) is 0 Å². The normalized spacial score (nSPS) is 11.7. The molecule has 2 amide bonds. The molecule has 0 heterocycles. The van der Waals surface area contributed by atoms with Gasteiger partial charge in [0.25, 0.3) is 0 Å². The van der Waals surface area contributed by atoms with Gasteiger partial charge in [-0.2, -0.15) is 0 Å². The number of hydrogen-bond donors (Lipinski definition) is 4. The molecular formula is C24H32ClN5O5. The van der Waals surface area contributed by atoms with Crippen LogP contribution < -0.4 is 22.1 Å². The second-order valence-electron chi connectivity index (χ2n) is 7.48. The SMILES string of the molecule is COC(=O)[C@H](CCCN=C(N)N)NC(=O)[C@H](Cc1ccccc1)NC(=O)OCc1ccccc1.Cl. The van der Waals surface area contributed by atoms with E-state index in [9.17, 15) is 14.4 Å². The van der Waals surface area contributed by atoms with Crippen LogP contribution in [0, 0.1) is 0 Å². The molecule has 0 bridgehead atoms. The van der Waals surface area contributed by atoms with Gasteiger partial charge in [-0.1, -0.05) is 60.7 Å². The van der Waals surface area contributed by atoms with E-state index < -0.39 is 30.1 Å². The Balaban J connectivity index is 0.00000612. The third-order valence-corrected chi connectivity index (χ3v) is 4.85. The maximum Gasteiger partial charge on any atom is 0.408 e. The number of carbonyl (C=O) groups is 3. The molecule has 0 aromatic heterocycles. The number of nitrogens with zero attached hydrogens (tertiary/aromatic N) is 1. The highest BCUT2D eigenvalue weighted by Gasteiger charge is 2.27.